The van der Waals surface area contributed by atoms with Crippen molar-refractivity contribution in [3.63, 3.8) is 0 Å². The van der Waals surface area contributed by atoms with Crippen LogP contribution in [0.25, 0.3) is 0 Å². The Bertz CT molecular complexity index is 1120. The molecule has 1 aromatic heterocycles. The minimum atomic E-state index is -0.334. The predicted molar refractivity (Wildman–Crippen MR) is 117 cm³/mol. The number of hydrogen-bond acceptors (Lipinski definition) is 6. The number of para-hydroxylation sites is 1. The van der Waals surface area contributed by atoms with E-state index < -0.39 is 0 Å². The molecule has 0 bridgehead atoms. The number of carbonyl (C=O) groups excluding carboxylic acids is 1. The maximum atomic E-state index is 12.9. The molecule has 0 saturated heterocycles. The highest BCUT2D eigenvalue weighted by molar-refractivity contribution is 7.98. The number of ketones is 1. The number of thioether (sulfide) groups is 1. The number of Topliss-reactive ketones (excluding diaryl/α,β-unsaturated/α-hetero) is 1. The zero-order valence-corrected chi connectivity index (χ0v) is 17.5. The summed E-state index contributed by atoms with van der Waals surface area (Å²) >= 11 is 1.59. The number of nitrogens with one attached hydrogen (secondary N) is 1. The first-order valence-corrected chi connectivity index (χ1v) is 11.0. The van der Waals surface area contributed by atoms with E-state index >= 15 is 0 Å². The van der Waals surface area contributed by atoms with Gasteiger partial charge >= 0.3 is 0 Å². The van der Waals surface area contributed by atoms with Crippen LogP contribution in [0.2, 0.25) is 0 Å². The predicted octanol–water partition coefficient (Wildman–Crippen LogP) is 4.60. The Morgan fingerprint density at radius 3 is 2.77 bits per heavy atom. The van der Waals surface area contributed by atoms with E-state index in [1.54, 1.807) is 18.9 Å². The van der Waals surface area contributed by atoms with Crippen molar-refractivity contribution < 1.29 is 9.53 Å². The molecule has 5 rings (SSSR count). The Morgan fingerprint density at radius 1 is 1.13 bits per heavy atom. The van der Waals surface area contributed by atoms with Crippen LogP contribution in [-0.2, 0) is 10.5 Å². The van der Waals surface area contributed by atoms with Crippen molar-refractivity contribution in [3.05, 3.63) is 77.0 Å². The number of hydrogen-bond donors (Lipinski definition) is 1. The number of benzene rings is 2. The Hall–Kier alpha value is -3.06. The minimum Gasteiger partial charge on any atom is -0.496 e. The van der Waals surface area contributed by atoms with Crippen molar-refractivity contribution in [1.29, 1.82) is 0 Å². The first-order valence-electron chi connectivity index (χ1n) is 10.0. The van der Waals surface area contributed by atoms with Crippen LogP contribution in [0, 0.1) is 0 Å². The van der Waals surface area contributed by atoms with Crippen molar-refractivity contribution in [2.75, 3.05) is 12.4 Å². The van der Waals surface area contributed by atoms with E-state index in [2.05, 4.69) is 17.4 Å². The van der Waals surface area contributed by atoms with Gasteiger partial charge in [-0.3, -0.25) is 4.79 Å². The number of aromatic nitrogens is 3. The van der Waals surface area contributed by atoms with Crippen LogP contribution in [0.4, 0.5) is 5.95 Å². The monoisotopic (exact) mass is 418 g/mol. The second-order valence-electron chi connectivity index (χ2n) is 7.38. The third-order valence-corrected chi connectivity index (χ3v) is 6.40. The largest absolute Gasteiger partial charge is 0.496 e. The molecular weight excluding hydrogens is 396 g/mol. The second-order valence-corrected chi connectivity index (χ2v) is 8.32. The van der Waals surface area contributed by atoms with Crippen LogP contribution in [0.15, 0.2) is 71.0 Å². The first-order chi connectivity index (χ1) is 14.7. The van der Waals surface area contributed by atoms with Gasteiger partial charge in [0.2, 0.25) is 11.1 Å². The van der Waals surface area contributed by atoms with Gasteiger partial charge in [0.15, 0.2) is 5.78 Å². The number of carbonyl (C=O) groups is 1. The van der Waals surface area contributed by atoms with E-state index in [0.717, 1.165) is 41.2 Å². The number of anilines is 1. The average molecular weight is 419 g/mol. The van der Waals surface area contributed by atoms with E-state index in [1.807, 2.05) is 47.1 Å². The summed E-state index contributed by atoms with van der Waals surface area (Å²) in [6.07, 6.45) is 2.25. The number of rotatable bonds is 5. The number of methoxy groups -OCH3 is 1. The molecule has 2 aliphatic rings. The second kappa shape index (κ2) is 7.99. The number of fused-ring (bicyclic) bond motifs is 1. The molecule has 1 aliphatic carbocycles. The fourth-order valence-corrected chi connectivity index (χ4v) is 4.88. The van der Waals surface area contributed by atoms with Crippen LogP contribution >= 0.6 is 11.8 Å². The molecule has 1 atom stereocenters. The number of nitrogens with zero attached hydrogens (tertiary/aromatic N) is 3. The molecule has 0 radical (unpaired) electrons. The third-order valence-electron chi connectivity index (χ3n) is 5.49. The first kappa shape index (κ1) is 18.9. The van der Waals surface area contributed by atoms with Gasteiger partial charge in [-0.25, -0.2) is 4.68 Å². The topological polar surface area (TPSA) is 69.0 Å². The van der Waals surface area contributed by atoms with Gasteiger partial charge in [0, 0.05) is 29.0 Å². The number of allylic oxidation sites excluding steroid dienone is 2. The molecule has 0 unspecified atom stereocenters. The lowest BCUT2D eigenvalue weighted by molar-refractivity contribution is -0.116. The van der Waals surface area contributed by atoms with Crippen molar-refractivity contribution in [2.45, 2.75) is 36.2 Å². The molecule has 152 valence electrons. The van der Waals surface area contributed by atoms with E-state index in [-0.39, 0.29) is 11.8 Å². The molecule has 0 spiro atoms. The van der Waals surface area contributed by atoms with Gasteiger partial charge in [-0.1, -0.05) is 60.3 Å². The normalized spacial score (nSPS) is 17.9. The molecule has 7 heteroatoms. The average Bonchev–Trinajstić information content (AvgIpc) is 3.20. The van der Waals surface area contributed by atoms with E-state index in [9.17, 15) is 4.79 Å². The number of ether oxygens (including phenoxy) is 1. The Kier molecular flexibility index (Phi) is 5.04. The van der Waals surface area contributed by atoms with Crippen molar-refractivity contribution in [2.24, 2.45) is 0 Å². The summed E-state index contributed by atoms with van der Waals surface area (Å²) in [4.78, 5) is 17.7. The zero-order valence-electron chi connectivity index (χ0n) is 16.7. The Balaban J connectivity index is 1.55. The fraction of sp³-hybridized carbons (Fsp3) is 0.261. The van der Waals surface area contributed by atoms with Crippen molar-refractivity contribution in [3.8, 4) is 5.75 Å². The summed E-state index contributed by atoms with van der Waals surface area (Å²) in [7, 11) is 1.65. The van der Waals surface area contributed by atoms with Gasteiger partial charge in [0.1, 0.15) is 11.8 Å². The third kappa shape index (κ3) is 3.39. The maximum Gasteiger partial charge on any atom is 0.227 e. The highest BCUT2D eigenvalue weighted by Gasteiger charge is 2.38. The molecule has 0 amide bonds. The standard InChI is InChI=1S/C23H22N4O2S/c1-29-19-13-6-5-10-16(19)21-20-17(11-7-12-18(20)28)24-22-25-23(26-27(21)22)30-14-15-8-3-2-4-9-15/h2-6,8-10,13,21H,7,11-12,14H2,1H3,(H,24,25,26)/t21-/m0/s1. The smallest absolute Gasteiger partial charge is 0.227 e. The molecule has 1 aliphatic heterocycles. The molecule has 2 heterocycles. The van der Waals surface area contributed by atoms with E-state index in [4.69, 9.17) is 14.8 Å². The van der Waals surface area contributed by atoms with Gasteiger partial charge in [0.25, 0.3) is 0 Å². The summed E-state index contributed by atoms with van der Waals surface area (Å²) in [5, 5.41) is 8.86. The highest BCUT2D eigenvalue weighted by Crippen LogP contribution is 2.43. The fourth-order valence-electron chi connectivity index (χ4n) is 4.10. The highest BCUT2D eigenvalue weighted by atomic mass is 32.2. The summed E-state index contributed by atoms with van der Waals surface area (Å²) in [6, 6.07) is 17.8. The van der Waals surface area contributed by atoms with E-state index in [0.29, 0.717) is 17.5 Å². The molecule has 3 aromatic rings. The quantitative estimate of drug-likeness (QED) is 0.611. The van der Waals surface area contributed by atoms with Gasteiger partial charge in [-0.05, 0) is 24.5 Å². The maximum absolute atomic E-state index is 12.9. The summed E-state index contributed by atoms with van der Waals surface area (Å²) in [5.74, 6) is 2.37. The minimum absolute atomic E-state index is 0.166. The van der Waals surface area contributed by atoms with Crippen LogP contribution in [0.5, 0.6) is 5.75 Å². The van der Waals surface area contributed by atoms with Gasteiger partial charge < -0.3 is 10.1 Å². The molecule has 0 fully saturated rings. The summed E-state index contributed by atoms with van der Waals surface area (Å²) in [6.45, 7) is 0. The molecule has 0 saturated carbocycles. The molecule has 6 nitrogen and oxygen atoms in total. The van der Waals surface area contributed by atoms with Crippen LogP contribution in [0.3, 0.4) is 0 Å². The zero-order chi connectivity index (χ0) is 20.5. The summed E-state index contributed by atoms with van der Waals surface area (Å²) in [5.41, 5.74) is 3.89. The Labute approximate surface area is 179 Å². The molecule has 2 aromatic carbocycles. The lowest BCUT2D eigenvalue weighted by Gasteiger charge is -2.32. The summed E-state index contributed by atoms with van der Waals surface area (Å²) < 4.78 is 7.46. The lowest BCUT2D eigenvalue weighted by Crippen LogP contribution is -2.31. The molecule has 1 N–H and O–H groups in total. The van der Waals surface area contributed by atoms with Gasteiger partial charge in [0.05, 0.1) is 7.11 Å². The van der Waals surface area contributed by atoms with Crippen molar-refractivity contribution in [1.82, 2.24) is 14.8 Å². The lowest BCUT2D eigenvalue weighted by atomic mass is 9.85. The van der Waals surface area contributed by atoms with Crippen LogP contribution < -0.4 is 10.1 Å². The van der Waals surface area contributed by atoms with Gasteiger partial charge in [-0.2, -0.15) is 4.98 Å². The SMILES string of the molecule is COc1ccccc1[C@H]1C2=C(CCCC2=O)Nc2nc(SCc3ccccc3)nn21. The van der Waals surface area contributed by atoms with Gasteiger partial charge in [-0.15, -0.1) is 5.10 Å². The van der Waals surface area contributed by atoms with Crippen molar-refractivity contribution >= 4 is 23.5 Å². The van der Waals surface area contributed by atoms with E-state index in [1.165, 1.54) is 5.56 Å². The Morgan fingerprint density at radius 2 is 1.93 bits per heavy atom. The van der Waals surface area contributed by atoms with Crippen LogP contribution in [-0.4, -0.2) is 27.7 Å². The van der Waals surface area contributed by atoms with Crippen LogP contribution in [0.1, 0.15) is 36.4 Å². The molecule has 30 heavy (non-hydrogen) atoms. The molecular formula is C23H22N4O2S.